The molecule has 4 heteroatoms. The van der Waals surface area contributed by atoms with Gasteiger partial charge in [0.1, 0.15) is 0 Å². The third kappa shape index (κ3) is 3.00. The summed E-state index contributed by atoms with van der Waals surface area (Å²) in [6.07, 6.45) is 0. The van der Waals surface area contributed by atoms with Crippen molar-refractivity contribution in [1.82, 2.24) is 9.97 Å². The molecule has 0 aliphatic heterocycles. The van der Waals surface area contributed by atoms with Gasteiger partial charge in [-0.1, -0.05) is 0 Å². The molecular formula is C12H12N2S2. The Labute approximate surface area is 105 Å². The zero-order valence-electron chi connectivity index (χ0n) is 9.14. The van der Waals surface area contributed by atoms with Crippen molar-refractivity contribution in [3.05, 3.63) is 41.7 Å². The Morgan fingerprint density at radius 1 is 1.00 bits per heavy atom. The summed E-state index contributed by atoms with van der Waals surface area (Å²) in [4.78, 5) is 10.9. The van der Waals surface area contributed by atoms with Crippen molar-refractivity contribution in [3.63, 3.8) is 0 Å². The molecule has 82 valence electrons. The topological polar surface area (TPSA) is 25.8 Å². The number of aryl methyl sites for hydroxylation is 2. The van der Waals surface area contributed by atoms with Crippen LogP contribution in [0.15, 0.2) is 45.3 Å². The third-order valence-electron chi connectivity index (χ3n) is 2.01. The Morgan fingerprint density at radius 2 is 1.56 bits per heavy atom. The Hall–Kier alpha value is -1.00. The Bertz CT molecular complexity index is 475. The molecule has 0 aliphatic carbocycles. The van der Waals surface area contributed by atoms with Gasteiger partial charge in [0, 0.05) is 21.2 Å². The molecule has 0 atom stereocenters. The van der Waals surface area contributed by atoms with Crippen molar-refractivity contribution in [3.8, 4) is 0 Å². The molecule has 2 aromatic rings. The van der Waals surface area contributed by atoms with Crippen molar-refractivity contribution in [2.45, 2.75) is 28.8 Å². The van der Waals surface area contributed by atoms with Crippen molar-refractivity contribution < 1.29 is 0 Å². The molecule has 1 heterocycles. The van der Waals surface area contributed by atoms with Gasteiger partial charge in [0.05, 0.1) is 0 Å². The second kappa shape index (κ2) is 4.89. The summed E-state index contributed by atoms with van der Waals surface area (Å²) in [5, 5.41) is 0.796. The van der Waals surface area contributed by atoms with Crippen LogP contribution < -0.4 is 0 Å². The summed E-state index contributed by atoms with van der Waals surface area (Å²) in [5.74, 6) is 0. The number of nitrogens with zero attached hydrogens (tertiary/aromatic N) is 2. The molecule has 16 heavy (non-hydrogen) atoms. The normalized spacial score (nSPS) is 10.4. The van der Waals surface area contributed by atoms with E-state index in [1.807, 2.05) is 44.2 Å². The number of aromatic nitrogens is 2. The van der Waals surface area contributed by atoms with E-state index in [1.54, 1.807) is 11.8 Å². The second-order valence-corrected chi connectivity index (χ2v) is 5.09. The summed E-state index contributed by atoms with van der Waals surface area (Å²) >= 11 is 5.82. The molecule has 1 aromatic heterocycles. The van der Waals surface area contributed by atoms with E-state index in [9.17, 15) is 0 Å². The fourth-order valence-electron chi connectivity index (χ4n) is 1.36. The molecule has 2 rings (SSSR count). The smallest absolute Gasteiger partial charge is 0.192 e. The quantitative estimate of drug-likeness (QED) is 0.650. The first-order valence-corrected chi connectivity index (χ1v) is 6.19. The molecule has 0 amide bonds. The van der Waals surface area contributed by atoms with Gasteiger partial charge in [-0.25, -0.2) is 9.97 Å². The highest BCUT2D eigenvalue weighted by molar-refractivity contribution is 7.99. The minimum absolute atomic E-state index is 0.796. The van der Waals surface area contributed by atoms with E-state index in [0.717, 1.165) is 26.3 Å². The van der Waals surface area contributed by atoms with Gasteiger partial charge in [0.15, 0.2) is 5.16 Å². The van der Waals surface area contributed by atoms with Gasteiger partial charge in [-0.2, -0.15) is 0 Å². The van der Waals surface area contributed by atoms with Crippen LogP contribution in [0.4, 0.5) is 0 Å². The lowest BCUT2D eigenvalue weighted by atomic mass is 10.4. The molecule has 1 aromatic carbocycles. The van der Waals surface area contributed by atoms with Gasteiger partial charge in [-0.15, -0.1) is 12.6 Å². The van der Waals surface area contributed by atoms with E-state index in [4.69, 9.17) is 0 Å². The van der Waals surface area contributed by atoms with E-state index in [2.05, 4.69) is 22.6 Å². The molecule has 0 fully saturated rings. The van der Waals surface area contributed by atoms with Crippen molar-refractivity contribution in [2.24, 2.45) is 0 Å². The molecule has 0 spiro atoms. The van der Waals surface area contributed by atoms with Gasteiger partial charge in [0.2, 0.25) is 0 Å². The molecule has 0 radical (unpaired) electrons. The van der Waals surface area contributed by atoms with Crippen LogP contribution in [0.5, 0.6) is 0 Å². The maximum Gasteiger partial charge on any atom is 0.192 e. The Morgan fingerprint density at radius 3 is 2.12 bits per heavy atom. The van der Waals surface area contributed by atoms with Gasteiger partial charge in [-0.05, 0) is 55.9 Å². The molecule has 0 saturated heterocycles. The van der Waals surface area contributed by atoms with Crippen LogP contribution in [-0.4, -0.2) is 9.97 Å². The average Bonchev–Trinajstić information content (AvgIpc) is 2.20. The predicted octanol–water partition coefficient (Wildman–Crippen LogP) is 3.53. The summed E-state index contributed by atoms with van der Waals surface area (Å²) < 4.78 is 0. The minimum Gasteiger partial charge on any atom is -0.228 e. The maximum atomic E-state index is 4.38. The summed E-state index contributed by atoms with van der Waals surface area (Å²) in [7, 11) is 0. The molecule has 0 N–H and O–H groups in total. The average molecular weight is 248 g/mol. The van der Waals surface area contributed by atoms with Gasteiger partial charge < -0.3 is 0 Å². The molecular weight excluding hydrogens is 236 g/mol. The minimum atomic E-state index is 0.796. The first kappa shape index (κ1) is 11.5. The SMILES string of the molecule is Cc1cc(C)nc(Sc2ccc(S)cc2)n1. The van der Waals surface area contributed by atoms with E-state index in [-0.39, 0.29) is 0 Å². The predicted molar refractivity (Wildman–Crippen MR) is 69.3 cm³/mol. The second-order valence-electron chi connectivity index (χ2n) is 3.53. The highest BCUT2D eigenvalue weighted by atomic mass is 32.2. The van der Waals surface area contributed by atoms with Crippen LogP contribution in [-0.2, 0) is 0 Å². The summed E-state index contributed by atoms with van der Waals surface area (Å²) in [6, 6.07) is 9.95. The van der Waals surface area contributed by atoms with Crippen molar-refractivity contribution >= 4 is 24.4 Å². The lowest BCUT2D eigenvalue weighted by Gasteiger charge is -2.02. The van der Waals surface area contributed by atoms with Crippen LogP contribution in [0.1, 0.15) is 11.4 Å². The fourth-order valence-corrected chi connectivity index (χ4v) is 2.37. The summed E-state index contributed by atoms with van der Waals surface area (Å²) in [5.41, 5.74) is 2.00. The van der Waals surface area contributed by atoms with Gasteiger partial charge >= 0.3 is 0 Å². The number of rotatable bonds is 2. The first-order chi connectivity index (χ1) is 7.63. The van der Waals surface area contributed by atoms with E-state index in [1.165, 1.54) is 0 Å². The molecule has 0 aliphatic rings. The zero-order chi connectivity index (χ0) is 11.5. The Kier molecular flexibility index (Phi) is 3.51. The number of hydrogen-bond acceptors (Lipinski definition) is 4. The fraction of sp³-hybridized carbons (Fsp3) is 0.167. The van der Waals surface area contributed by atoms with Crippen molar-refractivity contribution in [1.29, 1.82) is 0 Å². The summed E-state index contributed by atoms with van der Waals surface area (Å²) in [6.45, 7) is 3.96. The number of benzene rings is 1. The van der Waals surface area contributed by atoms with Crippen LogP contribution in [0.2, 0.25) is 0 Å². The van der Waals surface area contributed by atoms with E-state index < -0.39 is 0 Å². The molecule has 0 saturated carbocycles. The number of thiol groups is 1. The number of hydrogen-bond donors (Lipinski definition) is 1. The monoisotopic (exact) mass is 248 g/mol. The van der Waals surface area contributed by atoms with Crippen LogP contribution in [0, 0.1) is 13.8 Å². The van der Waals surface area contributed by atoms with Crippen molar-refractivity contribution in [2.75, 3.05) is 0 Å². The van der Waals surface area contributed by atoms with Crippen LogP contribution in [0.25, 0.3) is 0 Å². The van der Waals surface area contributed by atoms with Gasteiger partial charge in [0.25, 0.3) is 0 Å². The largest absolute Gasteiger partial charge is 0.228 e. The Balaban J connectivity index is 2.23. The highest BCUT2D eigenvalue weighted by Gasteiger charge is 2.02. The highest BCUT2D eigenvalue weighted by Crippen LogP contribution is 2.25. The standard InChI is InChI=1S/C12H12N2S2/c1-8-7-9(2)14-12(13-8)16-11-5-3-10(15)4-6-11/h3-7,15H,1-2H3. The van der Waals surface area contributed by atoms with Crippen LogP contribution in [0.3, 0.4) is 0 Å². The van der Waals surface area contributed by atoms with E-state index in [0.29, 0.717) is 0 Å². The third-order valence-corrected chi connectivity index (χ3v) is 3.18. The van der Waals surface area contributed by atoms with Gasteiger partial charge in [-0.3, -0.25) is 0 Å². The lowest BCUT2D eigenvalue weighted by molar-refractivity contribution is 0.902. The first-order valence-electron chi connectivity index (χ1n) is 4.92. The molecule has 2 nitrogen and oxygen atoms in total. The maximum absolute atomic E-state index is 4.38. The van der Waals surface area contributed by atoms with E-state index >= 15 is 0 Å². The molecule has 0 bridgehead atoms. The lowest BCUT2D eigenvalue weighted by Crippen LogP contribution is -1.92. The molecule has 0 unspecified atom stereocenters. The van der Waals surface area contributed by atoms with Crippen LogP contribution >= 0.6 is 24.4 Å². The zero-order valence-corrected chi connectivity index (χ0v) is 10.8.